The number of aryl methyl sites for hydroxylation is 2. The highest BCUT2D eigenvalue weighted by atomic mass is 16.1. The summed E-state index contributed by atoms with van der Waals surface area (Å²) in [4.78, 5) is 21.6. The van der Waals surface area contributed by atoms with E-state index in [1.54, 1.807) is 0 Å². The minimum Gasteiger partial charge on any atom is -0.295 e. The molecule has 0 amide bonds. The van der Waals surface area contributed by atoms with Crippen LogP contribution in [-0.4, -0.2) is 20.5 Å². The van der Waals surface area contributed by atoms with E-state index in [9.17, 15) is 4.79 Å². The first-order valence-corrected chi connectivity index (χ1v) is 7.42. The number of hydrogen-bond acceptors (Lipinski definition) is 3. The van der Waals surface area contributed by atoms with Crippen molar-refractivity contribution in [3.05, 3.63) is 75.8 Å². The molecule has 2 heterocycles. The van der Waals surface area contributed by atoms with E-state index in [-0.39, 0.29) is 5.56 Å². The number of pyridine rings is 1. The van der Waals surface area contributed by atoms with Gasteiger partial charge < -0.3 is 0 Å². The predicted octanol–water partition coefficient (Wildman–Crippen LogP) is 3.32. The number of aromatic amines is 1. The van der Waals surface area contributed by atoms with Crippen LogP contribution in [0.25, 0.3) is 5.69 Å². The number of nitrogens with zero attached hydrogens (tertiary/aromatic N) is 3. The molecule has 0 aliphatic carbocycles. The Morgan fingerprint density at radius 2 is 1.83 bits per heavy atom. The quantitative estimate of drug-likeness (QED) is 0.754. The van der Waals surface area contributed by atoms with Crippen molar-refractivity contribution in [2.24, 2.45) is 4.99 Å². The van der Waals surface area contributed by atoms with Crippen LogP contribution in [0.5, 0.6) is 0 Å². The number of para-hydroxylation sites is 1. The zero-order valence-electron chi connectivity index (χ0n) is 13.4. The van der Waals surface area contributed by atoms with Gasteiger partial charge in [-0.1, -0.05) is 24.3 Å². The Balaban J connectivity index is 2.07. The van der Waals surface area contributed by atoms with Gasteiger partial charge in [0, 0.05) is 11.4 Å². The monoisotopic (exact) mass is 306 g/mol. The molecule has 0 saturated carbocycles. The molecule has 3 aromatic rings. The van der Waals surface area contributed by atoms with Crippen LogP contribution >= 0.6 is 0 Å². The van der Waals surface area contributed by atoms with E-state index in [0.29, 0.717) is 17.1 Å². The highest BCUT2D eigenvalue weighted by molar-refractivity contribution is 6.00. The lowest BCUT2D eigenvalue weighted by Gasteiger charge is -2.00. The molecule has 2 aromatic heterocycles. The Morgan fingerprint density at radius 1 is 1.09 bits per heavy atom. The van der Waals surface area contributed by atoms with Gasteiger partial charge in [-0.15, -0.1) is 0 Å². The van der Waals surface area contributed by atoms with Crippen molar-refractivity contribution in [1.29, 1.82) is 0 Å². The summed E-state index contributed by atoms with van der Waals surface area (Å²) in [6, 6.07) is 15.1. The number of aromatic nitrogens is 3. The summed E-state index contributed by atoms with van der Waals surface area (Å²) in [6.45, 7) is 5.62. The van der Waals surface area contributed by atoms with Gasteiger partial charge in [0.2, 0.25) is 0 Å². The van der Waals surface area contributed by atoms with Crippen molar-refractivity contribution >= 4 is 11.5 Å². The van der Waals surface area contributed by atoms with Gasteiger partial charge >= 0.3 is 0 Å². The SMILES string of the molecule is C/C(=N\c1cccc(C)n1)c1c(C)[nH]n(-c2ccccc2)c1=O. The normalized spacial score (nSPS) is 11.7. The largest absolute Gasteiger partial charge is 0.295 e. The van der Waals surface area contributed by atoms with E-state index >= 15 is 0 Å². The smallest absolute Gasteiger partial charge is 0.280 e. The van der Waals surface area contributed by atoms with Crippen LogP contribution in [0, 0.1) is 13.8 Å². The fourth-order valence-corrected chi connectivity index (χ4v) is 2.55. The number of aliphatic imine (C=N–C) groups is 1. The molecular formula is C18H18N4O. The summed E-state index contributed by atoms with van der Waals surface area (Å²) in [7, 11) is 0. The third kappa shape index (κ3) is 2.99. The fraction of sp³-hybridized carbons (Fsp3) is 0.167. The lowest BCUT2D eigenvalue weighted by atomic mass is 10.2. The van der Waals surface area contributed by atoms with E-state index < -0.39 is 0 Å². The minimum absolute atomic E-state index is 0.109. The molecule has 0 bridgehead atoms. The van der Waals surface area contributed by atoms with Gasteiger partial charge in [-0.3, -0.25) is 9.89 Å². The molecule has 0 spiro atoms. The Hall–Kier alpha value is -2.95. The molecule has 0 unspecified atom stereocenters. The summed E-state index contributed by atoms with van der Waals surface area (Å²) < 4.78 is 1.54. The van der Waals surface area contributed by atoms with Crippen molar-refractivity contribution < 1.29 is 0 Å². The Labute approximate surface area is 134 Å². The molecule has 0 aliphatic rings. The molecule has 0 radical (unpaired) electrons. The van der Waals surface area contributed by atoms with Crippen LogP contribution in [0.15, 0.2) is 58.3 Å². The van der Waals surface area contributed by atoms with Crippen molar-refractivity contribution in [2.45, 2.75) is 20.8 Å². The van der Waals surface area contributed by atoms with Gasteiger partial charge in [0.1, 0.15) is 0 Å². The second-order valence-electron chi connectivity index (χ2n) is 5.42. The van der Waals surface area contributed by atoms with Crippen LogP contribution in [0.2, 0.25) is 0 Å². The summed E-state index contributed by atoms with van der Waals surface area (Å²) in [5, 5.41) is 3.11. The Bertz CT molecular complexity index is 920. The number of H-pyrrole nitrogens is 1. The average molecular weight is 306 g/mol. The van der Waals surface area contributed by atoms with Crippen molar-refractivity contribution in [1.82, 2.24) is 14.8 Å². The number of nitrogens with one attached hydrogen (secondary N) is 1. The van der Waals surface area contributed by atoms with Crippen molar-refractivity contribution in [3.8, 4) is 5.69 Å². The highest BCUT2D eigenvalue weighted by Gasteiger charge is 2.15. The zero-order valence-corrected chi connectivity index (χ0v) is 13.4. The second-order valence-corrected chi connectivity index (χ2v) is 5.42. The average Bonchev–Trinajstić information content (AvgIpc) is 2.83. The lowest BCUT2D eigenvalue weighted by molar-refractivity contribution is 0.835. The third-order valence-corrected chi connectivity index (χ3v) is 3.60. The van der Waals surface area contributed by atoms with E-state index in [1.165, 1.54) is 4.68 Å². The molecule has 0 saturated heterocycles. The summed E-state index contributed by atoms with van der Waals surface area (Å²) >= 11 is 0. The number of benzene rings is 1. The Kier molecular flexibility index (Phi) is 3.93. The molecule has 0 atom stereocenters. The number of rotatable bonds is 3. The highest BCUT2D eigenvalue weighted by Crippen LogP contribution is 2.13. The van der Waals surface area contributed by atoms with Crippen LogP contribution in [0.3, 0.4) is 0 Å². The summed E-state index contributed by atoms with van der Waals surface area (Å²) in [5.74, 6) is 0.605. The third-order valence-electron chi connectivity index (χ3n) is 3.60. The van der Waals surface area contributed by atoms with Gasteiger partial charge in [-0.25, -0.2) is 14.7 Å². The molecule has 116 valence electrons. The van der Waals surface area contributed by atoms with Gasteiger partial charge in [-0.2, -0.15) is 0 Å². The van der Waals surface area contributed by atoms with Crippen LogP contribution < -0.4 is 5.56 Å². The first-order valence-electron chi connectivity index (χ1n) is 7.42. The van der Waals surface area contributed by atoms with Gasteiger partial charge in [0.25, 0.3) is 5.56 Å². The van der Waals surface area contributed by atoms with Gasteiger partial charge in [0.05, 0.1) is 17.0 Å². The Morgan fingerprint density at radius 3 is 2.52 bits per heavy atom. The maximum Gasteiger partial charge on any atom is 0.280 e. The van der Waals surface area contributed by atoms with Crippen molar-refractivity contribution in [3.63, 3.8) is 0 Å². The predicted molar refractivity (Wildman–Crippen MR) is 92.0 cm³/mol. The second kappa shape index (κ2) is 6.04. The molecule has 5 heteroatoms. The molecule has 1 aromatic carbocycles. The van der Waals surface area contributed by atoms with Crippen LogP contribution in [0.1, 0.15) is 23.9 Å². The minimum atomic E-state index is -0.109. The van der Waals surface area contributed by atoms with E-state index in [4.69, 9.17) is 0 Å². The molecule has 5 nitrogen and oxygen atoms in total. The maximum absolute atomic E-state index is 12.7. The number of hydrogen-bond donors (Lipinski definition) is 1. The molecule has 0 fully saturated rings. The fourth-order valence-electron chi connectivity index (χ4n) is 2.55. The first-order chi connectivity index (χ1) is 11.1. The lowest BCUT2D eigenvalue weighted by Crippen LogP contribution is -2.19. The van der Waals surface area contributed by atoms with Crippen LogP contribution in [-0.2, 0) is 0 Å². The topological polar surface area (TPSA) is 63.0 Å². The molecule has 1 N–H and O–H groups in total. The van der Waals surface area contributed by atoms with Crippen LogP contribution in [0.4, 0.5) is 5.82 Å². The molecule has 23 heavy (non-hydrogen) atoms. The van der Waals surface area contributed by atoms with Gasteiger partial charge in [0.15, 0.2) is 5.82 Å². The molecular weight excluding hydrogens is 288 g/mol. The zero-order chi connectivity index (χ0) is 16.4. The van der Waals surface area contributed by atoms with Crippen molar-refractivity contribution in [2.75, 3.05) is 0 Å². The maximum atomic E-state index is 12.7. The van der Waals surface area contributed by atoms with Gasteiger partial charge in [-0.05, 0) is 45.0 Å². The summed E-state index contributed by atoms with van der Waals surface area (Å²) in [5.41, 5.74) is 3.60. The first kappa shape index (κ1) is 15.0. The molecule has 0 aliphatic heterocycles. The summed E-state index contributed by atoms with van der Waals surface area (Å²) in [6.07, 6.45) is 0. The van der Waals surface area contributed by atoms with E-state index in [2.05, 4.69) is 15.1 Å². The standard InChI is InChI=1S/C18H18N4O/c1-12-8-7-11-16(19-12)20-13(2)17-14(3)21-22(18(17)23)15-9-5-4-6-10-15/h4-11,21H,1-3H3/b20-13+. The molecule has 3 rings (SSSR count). The van der Waals surface area contributed by atoms with E-state index in [0.717, 1.165) is 17.1 Å². The van der Waals surface area contributed by atoms with E-state index in [1.807, 2.05) is 69.3 Å².